The normalized spacial score (nSPS) is 14.6. The molecule has 0 fully saturated rings. The third-order valence-electron chi connectivity index (χ3n) is 2.41. The lowest BCUT2D eigenvalue weighted by molar-refractivity contribution is 0.0697. The minimum atomic E-state index is -0.954. The van der Waals surface area contributed by atoms with Gasteiger partial charge >= 0.3 is 0 Å². The van der Waals surface area contributed by atoms with Crippen LogP contribution in [-0.4, -0.2) is 17.3 Å². The molecular weight excluding hydrogens is 236 g/mol. The Morgan fingerprint density at radius 2 is 2.06 bits per heavy atom. The molecule has 0 amide bonds. The number of hydrogen-bond acceptors (Lipinski definition) is 2. The summed E-state index contributed by atoms with van der Waals surface area (Å²) in [7, 11) is 0. The van der Waals surface area contributed by atoms with E-state index in [0.717, 1.165) is 12.1 Å². The fraction of sp³-hybridized carbons (Fsp3) is 0.455. The first kappa shape index (κ1) is 13.2. The zero-order chi connectivity index (χ0) is 12.3. The van der Waals surface area contributed by atoms with Gasteiger partial charge in [0.1, 0.15) is 5.82 Å². The molecule has 1 atom stereocenters. The van der Waals surface area contributed by atoms with Crippen LogP contribution in [0.4, 0.5) is 14.5 Å². The van der Waals surface area contributed by atoms with E-state index in [-0.39, 0.29) is 17.3 Å². The van der Waals surface area contributed by atoms with Gasteiger partial charge in [0.25, 0.3) is 0 Å². The fourth-order valence-electron chi connectivity index (χ4n) is 1.11. The minimum absolute atomic E-state index is 0.0109. The van der Waals surface area contributed by atoms with Crippen LogP contribution in [0.25, 0.3) is 0 Å². The first-order chi connectivity index (χ1) is 7.35. The number of aliphatic hydroxyl groups is 1. The van der Waals surface area contributed by atoms with Crippen LogP contribution in [0.15, 0.2) is 12.1 Å². The van der Waals surface area contributed by atoms with Gasteiger partial charge < -0.3 is 10.4 Å². The Balaban J connectivity index is 2.82. The molecule has 0 radical (unpaired) electrons. The summed E-state index contributed by atoms with van der Waals surface area (Å²) in [6.45, 7) is 3.57. The molecule has 0 aromatic heterocycles. The quantitative estimate of drug-likeness (QED) is 0.859. The third-order valence-corrected chi connectivity index (χ3v) is 2.71. The number of rotatable bonds is 4. The van der Waals surface area contributed by atoms with Gasteiger partial charge in [-0.3, -0.25) is 0 Å². The van der Waals surface area contributed by atoms with Crippen molar-refractivity contribution < 1.29 is 13.9 Å². The van der Waals surface area contributed by atoms with Crippen molar-refractivity contribution in [2.45, 2.75) is 25.9 Å². The first-order valence-corrected chi connectivity index (χ1v) is 5.34. The predicted molar refractivity (Wildman–Crippen MR) is 60.8 cm³/mol. The van der Waals surface area contributed by atoms with Crippen LogP contribution in [0.1, 0.15) is 20.3 Å². The van der Waals surface area contributed by atoms with Gasteiger partial charge in [-0.05, 0) is 19.4 Å². The van der Waals surface area contributed by atoms with E-state index in [9.17, 15) is 13.9 Å². The average Bonchev–Trinajstić information content (AvgIpc) is 2.16. The van der Waals surface area contributed by atoms with Crippen molar-refractivity contribution >= 4 is 17.3 Å². The lowest BCUT2D eigenvalue weighted by atomic mass is 10.0. The van der Waals surface area contributed by atoms with E-state index in [2.05, 4.69) is 5.32 Å². The highest BCUT2D eigenvalue weighted by Crippen LogP contribution is 2.27. The van der Waals surface area contributed by atoms with Crippen LogP contribution in [0.5, 0.6) is 0 Å². The molecule has 2 nitrogen and oxygen atoms in total. The summed E-state index contributed by atoms with van der Waals surface area (Å²) >= 11 is 5.68. The van der Waals surface area contributed by atoms with E-state index < -0.39 is 17.2 Å². The largest absolute Gasteiger partial charge is 0.388 e. The van der Waals surface area contributed by atoms with Crippen LogP contribution in [0.3, 0.4) is 0 Å². The minimum Gasteiger partial charge on any atom is -0.388 e. The van der Waals surface area contributed by atoms with Crippen LogP contribution < -0.4 is 5.32 Å². The molecule has 1 aromatic carbocycles. The topological polar surface area (TPSA) is 32.3 Å². The zero-order valence-electron chi connectivity index (χ0n) is 9.15. The second-order valence-corrected chi connectivity index (χ2v) is 4.36. The van der Waals surface area contributed by atoms with Crippen molar-refractivity contribution in [1.82, 2.24) is 0 Å². The Morgan fingerprint density at radius 1 is 1.44 bits per heavy atom. The van der Waals surface area contributed by atoms with E-state index in [1.165, 1.54) is 0 Å². The predicted octanol–water partition coefficient (Wildman–Crippen LogP) is 3.19. The molecule has 1 rings (SSSR count). The second-order valence-electron chi connectivity index (χ2n) is 3.95. The van der Waals surface area contributed by atoms with E-state index >= 15 is 0 Å². The number of nitrogens with one attached hydrogen (secondary N) is 1. The molecule has 0 aliphatic heterocycles. The maximum Gasteiger partial charge on any atom is 0.150 e. The molecule has 0 aliphatic rings. The third kappa shape index (κ3) is 3.32. The maximum absolute atomic E-state index is 13.3. The number of benzene rings is 1. The van der Waals surface area contributed by atoms with Crippen LogP contribution >= 0.6 is 11.6 Å². The summed E-state index contributed by atoms with van der Waals surface area (Å²) in [6, 6.07) is 1.77. The number of hydrogen-bond donors (Lipinski definition) is 2. The Hall–Kier alpha value is -0.870. The Bertz CT molecular complexity index is 359. The van der Waals surface area contributed by atoms with Crippen LogP contribution in [0, 0.1) is 11.6 Å². The van der Waals surface area contributed by atoms with Gasteiger partial charge in [-0.15, -0.1) is 0 Å². The smallest absolute Gasteiger partial charge is 0.150 e. The van der Waals surface area contributed by atoms with Crippen molar-refractivity contribution in [1.29, 1.82) is 0 Å². The van der Waals surface area contributed by atoms with Gasteiger partial charge in [0, 0.05) is 12.6 Å². The Labute approximate surface area is 98.2 Å². The summed E-state index contributed by atoms with van der Waals surface area (Å²) in [5.74, 6) is -1.49. The highest BCUT2D eigenvalue weighted by atomic mass is 35.5. The molecule has 1 unspecified atom stereocenters. The number of anilines is 1. The lowest BCUT2D eigenvalue weighted by Gasteiger charge is -2.22. The van der Waals surface area contributed by atoms with Crippen molar-refractivity contribution in [2.75, 3.05) is 11.9 Å². The van der Waals surface area contributed by atoms with Gasteiger partial charge in [0.15, 0.2) is 5.82 Å². The Kier molecular flexibility index (Phi) is 4.10. The molecular formula is C11H14ClF2NO. The summed E-state index contributed by atoms with van der Waals surface area (Å²) in [5, 5.41) is 12.4. The molecule has 0 bridgehead atoms. The van der Waals surface area contributed by atoms with Crippen molar-refractivity contribution in [3.8, 4) is 0 Å². The molecule has 0 spiro atoms. The highest BCUT2D eigenvalue weighted by Gasteiger charge is 2.19. The van der Waals surface area contributed by atoms with Gasteiger partial charge in [0.05, 0.1) is 16.3 Å². The average molecular weight is 250 g/mol. The molecule has 1 aromatic rings. The van der Waals surface area contributed by atoms with Crippen LogP contribution in [0.2, 0.25) is 5.02 Å². The number of halogens is 3. The molecule has 90 valence electrons. The van der Waals surface area contributed by atoms with Crippen molar-refractivity contribution in [3.63, 3.8) is 0 Å². The molecule has 5 heteroatoms. The van der Waals surface area contributed by atoms with Gasteiger partial charge in [-0.1, -0.05) is 18.5 Å². The van der Waals surface area contributed by atoms with E-state index in [1.54, 1.807) is 6.92 Å². The van der Waals surface area contributed by atoms with Crippen LogP contribution in [-0.2, 0) is 0 Å². The lowest BCUT2D eigenvalue weighted by Crippen LogP contribution is -2.32. The SMILES string of the molecule is CCC(C)(O)CNc1c(F)cc(F)cc1Cl. The maximum atomic E-state index is 13.3. The van der Waals surface area contributed by atoms with E-state index in [1.807, 2.05) is 6.92 Å². The van der Waals surface area contributed by atoms with E-state index in [0.29, 0.717) is 6.42 Å². The molecule has 0 saturated carbocycles. The monoisotopic (exact) mass is 249 g/mol. The fourth-order valence-corrected chi connectivity index (χ4v) is 1.38. The summed E-state index contributed by atoms with van der Waals surface area (Å²) in [4.78, 5) is 0. The summed E-state index contributed by atoms with van der Waals surface area (Å²) in [6.07, 6.45) is 0.514. The molecule has 0 aliphatic carbocycles. The summed E-state index contributed by atoms with van der Waals surface area (Å²) < 4.78 is 26.1. The molecule has 0 heterocycles. The molecule has 0 saturated heterocycles. The first-order valence-electron chi connectivity index (χ1n) is 4.96. The molecule has 16 heavy (non-hydrogen) atoms. The summed E-state index contributed by atoms with van der Waals surface area (Å²) in [5.41, 5.74) is -0.943. The van der Waals surface area contributed by atoms with Crippen molar-refractivity contribution in [2.24, 2.45) is 0 Å². The van der Waals surface area contributed by atoms with Gasteiger partial charge in [-0.25, -0.2) is 8.78 Å². The van der Waals surface area contributed by atoms with Gasteiger partial charge in [-0.2, -0.15) is 0 Å². The molecule has 2 N–H and O–H groups in total. The highest BCUT2D eigenvalue weighted by molar-refractivity contribution is 6.33. The van der Waals surface area contributed by atoms with Crippen molar-refractivity contribution in [3.05, 3.63) is 28.8 Å². The van der Waals surface area contributed by atoms with Gasteiger partial charge in [0.2, 0.25) is 0 Å². The Morgan fingerprint density at radius 3 is 2.56 bits per heavy atom. The van der Waals surface area contributed by atoms with E-state index in [4.69, 9.17) is 11.6 Å². The zero-order valence-corrected chi connectivity index (χ0v) is 9.91. The second kappa shape index (κ2) is 4.97. The standard InChI is InChI=1S/C11H14ClF2NO/c1-3-11(2,16)6-15-10-8(12)4-7(13)5-9(10)14/h4-5,15-16H,3,6H2,1-2H3.